The summed E-state index contributed by atoms with van der Waals surface area (Å²) in [5.74, 6) is -1.46. The summed E-state index contributed by atoms with van der Waals surface area (Å²) in [6.07, 6.45) is 0.478. The van der Waals surface area contributed by atoms with Gasteiger partial charge < -0.3 is 15.9 Å². The van der Waals surface area contributed by atoms with Crippen molar-refractivity contribution in [3.8, 4) is 5.75 Å². The number of aliphatic carboxylic acids is 1. The van der Waals surface area contributed by atoms with E-state index in [9.17, 15) is 14.7 Å². The van der Waals surface area contributed by atoms with Crippen molar-refractivity contribution in [2.24, 2.45) is 5.73 Å². The number of carboxylic acids is 1. The second-order valence-electron chi connectivity index (χ2n) is 2.75. The van der Waals surface area contributed by atoms with Crippen LogP contribution in [0.2, 0.25) is 0 Å². The van der Waals surface area contributed by atoms with Crippen molar-refractivity contribution < 1.29 is 19.8 Å². The maximum Gasteiger partial charge on any atom is 0.325 e. The van der Waals surface area contributed by atoms with Gasteiger partial charge in [-0.2, -0.15) is 0 Å². The third kappa shape index (κ3) is 1.89. The molecular formula is C9H9NO4. The number of nitrogens with two attached hydrogens (primary N) is 1. The van der Waals surface area contributed by atoms with E-state index in [1.807, 2.05) is 0 Å². The average molecular weight is 195 g/mol. The molecule has 0 radical (unpaired) electrons. The highest BCUT2D eigenvalue weighted by molar-refractivity contribution is 5.80. The Morgan fingerprint density at radius 3 is 2.57 bits per heavy atom. The van der Waals surface area contributed by atoms with E-state index in [4.69, 9.17) is 10.8 Å². The fraction of sp³-hybridized carbons (Fsp3) is 0.111. The number of hydrogen-bond donors (Lipinski definition) is 3. The monoisotopic (exact) mass is 195 g/mol. The number of hydrogen-bond acceptors (Lipinski definition) is 4. The van der Waals surface area contributed by atoms with Crippen LogP contribution < -0.4 is 5.73 Å². The van der Waals surface area contributed by atoms with Gasteiger partial charge in [-0.1, -0.05) is 6.07 Å². The molecule has 0 amide bonds. The van der Waals surface area contributed by atoms with Crippen molar-refractivity contribution in [1.29, 1.82) is 0 Å². The molecule has 5 nitrogen and oxygen atoms in total. The number of carboxylic acid groups (broad SMARTS) is 1. The Hall–Kier alpha value is -1.88. The van der Waals surface area contributed by atoms with E-state index in [2.05, 4.69) is 0 Å². The third-order valence-electron chi connectivity index (χ3n) is 1.81. The lowest BCUT2D eigenvalue weighted by Gasteiger charge is -2.07. The van der Waals surface area contributed by atoms with Gasteiger partial charge in [0.15, 0.2) is 6.29 Å². The van der Waals surface area contributed by atoms with Crippen LogP contribution in [0.15, 0.2) is 18.2 Å². The van der Waals surface area contributed by atoms with E-state index >= 15 is 0 Å². The molecular weight excluding hydrogens is 186 g/mol. The minimum atomic E-state index is -1.19. The molecule has 4 N–H and O–H groups in total. The number of benzene rings is 1. The highest BCUT2D eigenvalue weighted by Gasteiger charge is 2.15. The van der Waals surface area contributed by atoms with Gasteiger partial charge in [-0.15, -0.1) is 0 Å². The molecule has 0 aliphatic rings. The van der Waals surface area contributed by atoms with Crippen molar-refractivity contribution in [2.75, 3.05) is 0 Å². The summed E-state index contributed by atoms with van der Waals surface area (Å²) in [6.45, 7) is 0. The second-order valence-corrected chi connectivity index (χ2v) is 2.75. The molecule has 1 atom stereocenters. The lowest BCUT2D eigenvalue weighted by Crippen LogP contribution is -2.20. The Bertz CT molecular complexity index is 375. The zero-order valence-corrected chi connectivity index (χ0v) is 7.18. The zero-order valence-electron chi connectivity index (χ0n) is 7.18. The summed E-state index contributed by atoms with van der Waals surface area (Å²) in [5, 5.41) is 17.8. The molecule has 0 aliphatic heterocycles. The minimum Gasteiger partial charge on any atom is -0.507 e. The highest BCUT2D eigenvalue weighted by Crippen LogP contribution is 2.20. The molecule has 0 unspecified atom stereocenters. The minimum absolute atomic E-state index is 0.103. The summed E-state index contributed by atoms with van der Waals surface area (Å²) in [7, 11) is 0. The molecule has 0 bridgehead atoms. The average Bonchev–Trinajstić information content (AvgIpc) is 2.16. The number of aldehydes is 1. The maximum atomic E-state index is 10.5. The summed E-state index contributed by atoms with van der Waals surface area (Å²) >= 11 is 0. The van der Waals surface area contributed by atoms with Gasteiger partial charge in [0.05, 0.1) is 5.56 Å². The predicted octanol–water partition coefficient (Wildman–Crippen LogP) is 0.289. The second kappa shape index (κ2) is 3.89. The van der Waals surface area contributed by atoms with Crippen LogP contribution in [-0.4, -0.2) is 22.5 Å². The van der Waals surface area contributed by atoms with E-state index < -0.39 is 12.0 Å². The Labute approximate surface area is 79.8 Å². The van der Waals surface area contributed by atoms with Crippen molar-refractivity contribution in [3.05, 3.63) is 29.3 Å². The zero-order chi connectivity index (χ0) is 10.7. The Morgan fingerprint density at radius 2 is 2.14 bits per heavy atom. The number of phenolic OH excluding ortho intramolecular Hbond substituents is 1. The highest BCUT2D eigenvalue weighted by atomic mass is 16.4. The van der Waals surface area contributed by atoms with E-state index in [0.717, 1.165) is 0 Å². The predicted molar refractivity (Wildman–Crippen MR) is 48.1 cm³/mol. The molecule has 0 spiro atoms. The normalized spacial score (nSPS) is 12.1. The number of carbonyl (C=O) groups is 2. The van der Waals surface area contributed by atoms with Gasteiger partial charge in [0.1, 0.15) is 11.8 Å². The van der Waals surface area contributed by atoms with Crippen LogP contribution in [0, 0.1) is 0 Å². The van der Waals surface area contributed by atoms with Gasteiger partial charge >= 0.3 is 5.97 Å². The molecule has 1 aromatic carbocycles. The van der Waals surface area contributed by atoms with Gasteiger partial charge in [0.2, 0.25) is 0 Å². The third-order valence-corrected chi connectivity index (χ3v) is 1.81. The first-order chi connectivity index (χ1) is 6.56. The van der Waals surface area contributed by atoms with Crippen molar-refractivity contribution >= 4 is 12.3 Å². The molecule has 5 heteroatoms. The largest absolute Gasteiger partial charge is 0.507 e. The summed E-state index contributed by atoms with van der Waals surface area (Å²) in [5.41, 5.74) is 5.65. The van der Waals surface area contributed by atoms with Crippen LogP contribution in [0.1, 0.15) is 22.0 Å². The van der Waals surface area contributed by atoms with Crippen LogP contribution in [-0.2, 0) is 4.79 Å². The molecule has 1 aromatic rings. The van der Waals surface area contributed by atoms with Crippen LogP contribution in [0.4, 0.5) is 0 Å². The summed E-state index contributed by atoms with van der Waals surface area (Å²) in [6, 6.07) is 2.69. The quantitative estimate of drug-likeness (QED) is 0.602. The fourth-order valence-electron chi connectivity index (χ4n) is 0.996. The number of rotatable bonds is 3. The van der Waals surface area contributed by atoms with Crippen molar-refractivity contribution in [2.45, 2.75) is 6.04 Å². The number of aromatic hydroxyl groups is 1. The van der Waals surface area contributed by atoms with Gasteiger partial charge in [0.25, 0.3) is 0 Å². The van der Waals surface area contributed by atoms with E-state index in [0.29, 0.717) is 6.29 Å². The Kier molecular flexibility index (Phi) is 2.83. The van der Waals surface area contributed by atoms with E-state index in [1.165, 1.54) is 18.2 Å². The smallest absolute Gasteiger partial charge is 0.325 e. The van der Waals surface area contributed by atoms with Crippen LogP contribution >= 0.6 is 0 Å². The van der Waals surface area contributed by atoms with Gasteiger partial charge in [0, 0.05) is 0 Å². The molecule has 0 heterocycles. The molecule has 0 saturated carbocycles. The SMILES string of the molecule is N[C@H](C(=O)O)c1ccc(C=O)c(O)c1. The lowest BCUT2D eigenvalue weighted by atomic mass is 10.1. The lowest BCUT2D eigenvalue weighted by molar-refractivity contribution is -0.138. The maximum absolute atomic E-state index is 10.5. The molecule has 0 aliphatic carbocycles. The fourth-order valence-corrected chi connectivity index (χ4v) is 0.996. The summed E-state index contributed by atoms with van der Waals surface area (Å²) < 4.78 is 0. The van der Waals surface area contributed by atoms with Gasteiger partial charge in [-0.25, -0.2) is 0 Å². The standard InChI is InChI=1S/C9H9NO4/c10-8(9(13)14)5-1-2-6(4-11)7(12)3-5/h1-4,8,12H,10H2,(H,13,14)/t8-/m0/s1. The topological polar surface area (TPSA) is 101 Å². The molecule has 0 saturated heterocycles. The van der Waals surface area contributed by atoms with Gasteiger partial charge in [-0.05, 0) is 17.7 Å². The molecule has 1 rings (SSSR count). The first-order valence-electron chi connectivity index (χ1n) is 3.82. The molecule has 0 aromatic heterocycles. The number of carbonyl (C=O) groups excluding carboxylic acids is 1. The first kappa shape index (κ1) is 10.2. The van der Waals surface area contributed by atoms with Crippen molar-refractivity contribution in [1.82, 2.24) is 0 Å². The van der Waals surface area contributed by atoms with Gasteiger partial charge in [-0.3, -0.25) is 9.59 Å². The number of phenols is 1. The van der Waals surface area contributed by atoms with Crippen LogP contribution in [0.25, 0.3) is 0 Å². The molecule has 0 fully saturated rings. The summed E-state index contributed by atoms with van der Waals surface area (Å²) in [4.78, 5) is 20.8. The Balaban J connectivity index is 3.08. The van der Waals surface area contributed by atoms with Crippen molar-refractivity contribution in [3.63, 3.8) is 0 Å². The Morgan fingerprint density at radius 1 is 1.50 bits per heavy atom. The molecule has 74 valence electrons. The van der Waals surface area contributed by atoms with E-state index in [1.54, 1.807) is 0 Å². The van der Waals surface area contributed by atoms with E-state index in [-0.39, 0.29) is 16.9 Å². The molecule has 14 heavy (non-hydrogen) atoms. The van der Waals surface area contributed by atoms with Crippen LogP contribution in [0.3, 0.4) is 0 Å². The van der Waals surface area contributed by atoms with Crippen LogP contribution in [0.5, 0.6) is 5.75 Å². The first-order valence-corrected chi connectivity index (χ1v) is 3.82.